The van der Waals surface area contributed by atoms with Gasteiger partial charge in [0.05, 0.1) is 19.0 Å². The third-order valence-electron chi connectivity index (χ3n) is 3.04. The molecular weight excluding hydrogens is 268 g/mol. The quantitative estimate of drug-likeness (QED) is 0.872. The van der Waals surface area contributed by atoms with Crippen molar-refractivity contribution in [3.05, 3.63) is 47.7 Å². The molecule has 0 fully saturated rings. The van der Waals surface area contributed by atoms with E-state index in [0.717, 1.165) is 0 Å². The van der Waals surface area contributed by atoms with E-state index in [-0.39, 0.29) is 11.4 Å². The van der Waals surface area contributed by atoms with E-state index in [1.165, 1.54) is 24.9 Å². The summed E-state index contributed by atoms with van der Waals surface area (Å²) in [5.74, 6) is 0.679. The summed E-state index contributed by atoms with van der Waals surface area (Å²) in [5.41, 5.74) is 7.42. The summed E-state index contributed by atoms with van der Waals surface area (Å²) in [6.45, 7) is 4.24. The Bertz CT molecular complexity index is 636. The van der Waals surface area contributed by atoms with Crippen LogP contribution in [0.1, 0.15) is 35.7 Å². The van der Waals surface area contributed by atoms with Crippen molar-refractivity contribution in [2.45, 2.75) is 19.8 Å². The number of rotatable bonds is 4. The SMILES string of the molecule is COC(=O)c1cc(N)cnc1Oc1ccc(C(C)C)cc1. The number of nitrogens with two attached hydrogens (primary N) is 1. The van der Waals surface area contributed by atoms with E-state index in [0.29, 0.717) is 17.4 Å². The van der Waals surface area contributed by atoms with Gasteiger partial charge in [0.2, 0.25) is 5.88 Å². The Morgan fingerprint density at radius 1 is 1.24 bits per heavy atom. The van der Waals surface area contributed by atoms with Gasteiger partial charge in [-0.15, -0.1) is 0 Å². The van der Waals surface area contributed by atoms with Gasteiger partial charge in [0.15, 0.2) is 0 Å². The van der Waals surface area contributed by atoms with Crippen LogP contribution in [0, 0.1) is 0 Å². The molecule has 5 nitrogen and oxygen atoms in total. The lowest BCUT2D eigenvalue weighted by Gasteiger charge is -2.10. The monoisotopic (exact) mass is 286 g/mol. The van der Waals surface area contributed by atoms with E-state index < -0.39 is 5.97 Å². The molecule has 0 atom stereocenters. The molecule has 0 unspecified atom stereocenters. The molecule has 1 aromatic heterocycles. The second kappa shape index (κ2) is 6.26. The van der Waals surface area contributed by atoms with Crippen LogP contribution in [0.15, 0.2) is 36.5 Å². The van der Waals surface area contributed by atoms with Crippen molar-refractivity contribution in [1.29, 1.82) is 0 Å². The summed E-state index contributed by atoms with van der Waals surface area (Å²) in [6, 6.07) is 9.13. The molecule has 0 saturated heterocycles. The number of hydrogen-bond acceptors (Lipinski definition) is 5. The summed E-state index contributed by atoms with van der Waals surface area (Å²) < 4.78 is 10.4. The maximum atomic E-state index is 11.7. The Morgan fingerprint density at radius 2 is 1.90 bits per heavy atom. The molecule has 0 radical (unpaired) electrons. The molecule has 1 aromatic carbocycles. The number of nitrogen functional groups attached to an aromatic ring is 1. The molecule has 21 heavy (non-hydrogen) atoms. The zero-order chi connectivity index (χ0) is 15.4. The van der Waals surface area contributed by atoms with Gasteiger partial charge >= 0.3 is 5.97 Å². The minimum absolute atomic E-state index is 0.174. The number of carbonyl (C=O) groups excluding carboxylic acids is 1. The minimum atomic E-state index is -0.538. The average Bonchev–Trinajstić information content (AvgIpc) is 2.48. The maximum Gasteiger partial charge on any atom is 0.343 e. The van der Waals surface area contributed by atoms with Crippen LogP contribution in [0.5, 0.6) is 11.6 Å². The minimum Gasteiger partial charge on any atom is -0.465 e. The smallest absolute Gasteiger partial charge is 0.343 e. The van der Waals surface area contributed by atoms with Gasteiger partial charge in [0.25, 0.3) is 0 Å². The molecule has 0 amide bonds. The van der Waals surface area contributed by atoms with E-state index in [2.05, 4.69) is 18.8 Å². The molecular formula is C16H18N2O3. The molecule has 2 rings (SSSR count). The van der Waals surface area contributed by atoms with Gasteiger partial charge in [0.1, 0.15) is 11.3 Å². The first-order valence-corrected chi connectivity index (χ1v) is 6.63. The van der Waals surface area contributed by atoms with Crippen LogP contribution < -0.4 is 10.5 Å². The van der Waals surface area contributed by atoms with Crippen LogP contribution in [0.3, 0.4) is 0 Å². The molecule has 2 N–H and O–H groups in total. The molecule has 0 saturated carbocycles. The number of benzene rings is 1. The Morgan fingerprint density at radius 3 is 2.48 bits per heavy atom. The Labute approximate surface area is 123 Å². The molecule has 0 spiro atoms. The van der Waals surface area contributed by atoms with Gasteiger partial charge in [-0.3, -0.25) is 0 Å². The maximum absolute atomic E-state index is 11.7. The predicted molar refractivity (Wildman–Crippen MR) is 80.6 cm³/mol. The topological polar surface area (TPSA) is 74.4 Å². The van der Waals surface area contributed by atoms with Crippen LogP contribution in [-0.4, -0.2) is 18.1 Å². The highest BCUT2D eigenvalue weighted by molar-refractivity contribution is 5.92. The van der Waals surface area contributed by atoms with Gasteiger partial charge in [-0.05, 0) is 29.7 Å². The first kappa shape index (κ1) is 14.8. The van der Waals surface area contributed by atoms with Crippen LogP contribution in [0.4, 0.5) is 5.69 Å². The summed E-state index contributed by atoms with van der Waals surface area (Å²) in [5, 5.41) is 0. The number of esters is 1. The highest BCUT2D eigenvalue weighted by Crippen LogP contribution is 2.26. The van der Waals surface area contributed by atoms with Gasteiger partial charge in [0, 0.05) is 0 Å². The van der Waals surface area contributed by atoms with Gasteiger partial charge in [-0.1, -0.05) is 26.0 Å². The van der Waals surface area contributed by atoms with E-state index in [1.807, 2.05) is 24.3 Å². The zero-order valence-corrected chi connectivity index (χ0v) is 12.3. The summed E-state index contributed by atoms with van der Waals surface area (Å²) >= 11 is 0. The number of pyridine rings is 1. The molecule has 0 aliphatic carbocycles. The lowest BCUT2D eigenvalue weighted by Crippen LogP contribution is -2.06. The lowest BCUT2D eigenvalue weighted by molar-refractivity contribution is 0.0597. The van der Waals surface area contributed by atoms with Crippen molar-refractivity contribution in [2.24, 2.45) is 0 Å². The number of ether oxygens (including phenoxy) is 2. The molecule has 0 aliphatic rings. The third kappa shape index (κ3) is 3.51. The zero-order valence-electron chi connectivity index (χ0n) is 12.3. The number of carbonyl (C=O) groups is 1. The van der Waals surface area contributed by atoms with Crippen molar-refractivity contribution in [2.75, 3.05) is 12.8 Å². The molecule has 0 bridgehead atoms. The van der Waals surface area contributed by atoms with Crippen molar-refractivity contribution in [3.8, 4) is 11.6 Å². The normalized spacial score (nSPS) is 10.5. The van der Waals surface area contributed by atoms with Crippen LogP contribution >= 0.6 is 0 Å². The molecule has 2 aromatic rings. The van der Waals surface area contributed by atoms with Crippen LogP contribution in [-0.2, 0) is 4.74 Å². The number of nitrogens with zero attached hydrogens (tertiary/aromatic N) is 1. The molecule has 110 valence electrons. The first-order chi connectivity index (χ1) is 10.0. The Balaban J connectivity index is 2.28. The largest absolute Gasteiger partial charge is 0.465 e. The van der Waals surface area contributed by atoms with Crippen LogP contribution in [0.2, 0.25) is 0 Å². The number of methoxy groups -OCH3 is 1. The highest BCUT2D eigenvalue weighted by atomic mass is 16.5. The van der Waals surface area contributed by atoms with Gasteiger partial charge in [-0.25, -0.2) is 9.78 Å². The van der Waals surface area contributed by atoms with Crippen molar-refractivity contribution >= 4 is 11.7 Å². The van der Waals surface area contributed by atoms with Crippen molar-refractivity contribution < 1.29 is 14.3 Å². The van der Waals surface area contributed by atoms with E-state index in [4.69, 9.17) is 15.2 Å². The highest BCUT2D eigenvalue weighted by Gasteiger charge is 2.16. The molecule has 1 heterocycles. The number of aromatic nitrogens is 1. The Kier molecular flexibility index (Phi) is 4.42. The van der Waals surface area contributed by atoms with Crippen molar-refractivity contribution in [3.63, 3.8) is 0 Å². The van der Waals surface area contributed by atoms with Crippen molar-refractivity contribution in [1.82, 2.24) is 4.98 Å². The van der Waals surface area contributed by atoms with E-state index in [9.17, 15) is 4.79 Å². The lowest BCUT2D eigenvalue weighted by atomic mass is 10.0. The molecule has 5 heteroatoms. The molecule has 0 aliphatic heterocycles. The second-order valence-corrected chi connectivity index (χ2v) is 4.94. The Hall–Kier alpha value is -2.56. The van der Waals surface area contributed by atoms with E-state index in [1.54, 1.807) is 0 Å². The summed E-state index contributed by atoms with van der Waals surface area (Å²) in [7, 11) is 1.30. The third-order valence-corrected chi connectivity index (χ3v) is 3.04. The van der Waals surface area contributed by atoms with Gasteiger partial charge < -0.3 is 15.2 Å². The number of hydrogen-bond donors (Lipinski definition) is 1. The summed E-state index contributed by atoms with van der Waals surface area (Å²) in [6.07, 6.45) is 1.43. The first-order valence-electron chi connectivity index (χ1n) is 6.63. The fourth-order valence-corrected chi connectivity index (χ4v) is 1.84. The average molecular weight is 286 g/mol. The predicted octanol–water partition coefficient (Wildman–Crippen LogP) is 3.37. The van der Waals surface area contributed by atoms with Crippen LogP contribution in [0.25, 0.3) is 0 Å². The standard InChI is InChI=1S/C16H18N2O3/c1-10(2)11-4-6-13(7-5-11)21-15-14(16(19)20-3)8-12(17)9-18-15/h4-10H,17H2,1-3H3. The fourth-order valence-electron chi connectivity index (χ4n) is 1.84. The number of anilines is 1. The second-order valence-electron chi connectivity index (χ2n) is 4.94. The fraction of sp³-hybridized carbons (Fsp3) is 0.250. The summed E-state index contributed by atoms with van der Waals surface area (Å²) in [4.78, 5) is 15.8. The van der Waals surface area contributed by atoms with E-state index >= 15 is 0 Å². The van der Waals surface area contributed by atoms with Gasteiger partial charge in [-0.2, -0.15) is 0 Å².